The Labute approximate surface area is 227 Å². The first-order valence-corrected chi connectivity index (χ1v) is 12.6. The highest BCUT2D eigenvalue weighted by atomic mass is 127. The van der Waals surface area contributed by atoms with E-state index in [1.165, 1.54) is 18.2 Å². The SMILES string of the molecule is CCOc1cc(/C=C2\C(=O)NC(=O)N(c3cccc(C)c3C)C2=O)cc(I)c1OCc1cccc(F)c1. The van der Waals surface area contributed by atoms with Gasteiger partial charge < -0.3 is 9.47 Å². The summed E-state index contributed by atoms with van der Waals surface area (Å²) < 4.78 is 25.9. The molecule has 1 aliphatic rings. The van der Waals surface area contributed by atoms with Crippen molar-refractivity contribution in [2.24, 2.45) is 0 Å². The van der Waals surface area contributed by atoms with E-state index in [-0.39, 0.29) is 18.0 Å². The largest absolute Gasteiger partial charge is 0.490 e. The van der Waals surface area contributed by atoms with Crippen LogP contribution in [0.4, 0.5) is 14.9 Å². The van der Waals surface area contributed by atoms with E-state index in [2.05, 4.69) is 27.9 Å². The maximum absolute atomic E-state index is 13.5. The molecule has 0 bridgehead atoms. The monoisotopic (exact) mass is 614 g/mol. The summed E-state index contributed by atoms with van der Waals surface area (Å²) >= 11 is 2.07. The maximum atomic E-state index is 13.5. The zero-order valence-electron chi connectivity index (χ0n) is 20.4. The van der Waals surface area contributed by atoms with Crippen LogP contribution in [-0.4, -0.2) is 24.5 Å². The molecule has 190 valence electrons. The Morgan fingerprint density at radius 3 is 2.51 bits per heavy atom. The van der Waals surface area contributed by atoms with E-state index in [1.807, 2.05) is 26.8 Å². The second kappa shape index (κ2) is 11.1. The first-order valence-electron chi connectivity index (χ1n) is 11.5. The Kier molecular flexibility index (Phi) is 7.91. The van der Waals surface area contributed by atoms with Crippen molar-refractivity contribution in [2.45, 2.75) is 27.4 Å². The number of nitrogens with zero attached hydrogens (tertiary/aromatic N) is 1. The molecule has 1 aliphatic heterocycles. The highest BCUT2D eigenvalue weighted by molar-refractivity contribution is 14.1. The number of hydrogen-bond acceptors (Lipinski definition) is 5. The standard InChI is InChI=1S/C28H24FIN2O5/c1-4-36-24-14-19(13-22(30)25(24)37-15-18-8-6-9-20(29)11-18)12-21-26(33)31-28(35)32(27(21)34)23-10-5-7-16(2)17(23)3/h5-14H,4,15H2,1-3H3,(H,31,33,35)/b21-12+. The van der Waals surface area contributed by atoms with Crippen molar-refractivity contribution in [3.63, 3.8) is 0 Å². The topological polar surface area (TPSA) is 84.9 Å². The number of amides is 4. The Morgan fingerprint density at radius 2 is 1.78 bits per heavy atom. The molecule has 37 heavy (non-hydrogen) atoms. The van der Waals surface area contributed by atoms with Gasteiger partial charge in [0, 0.05) is 0 Å². The summed E-state index contributed by atoms with van der Waals surface area (Å²) in [4.78, 5) is 39.6. The number of aryl methyl sites for hydroxylation is 1. The molecule has 1 fully saturated rings. The van der Waals surface area contributed by atoms with Crippen LogP contribution < -0.4 is 19.7 Å². The van der Waals surface area contributed by atoms with E-state index in [0.717, 1.165) is 16.0 Å². The maximum Gasteiger partial charge on any atom is 0.335 e. The van der Waals surface area contributed by atoms with Gasteiger partial charge in [0.05, 0.1) is 15.9 Å². The fraction of sp³-hybridized carbons (Fsp3) is 0.179. The smallest absolute Gasteiger partial charge is 0.335 e. The molecule has 9 heteroatoms. The van der Waals surface area contributed by atoms with Gasteiger partial charge in [-0.1, -0.05) is 24.3 Å². The van der Waals surface area contributed by atoms with Crippen molar-refractivity contribution in [1.29, 1.82) is 0 Å². The molecule has 0 aliphatic carbocycles. The van der Waals surface area contributed by atoms with Crippen LogP contribution >= 0.6 is 22.6 Å². The van der Waals surface area contributed by atoms with E-state index in [1.54, 1.807) is 36.4 Å². The van der Waals surface area contributed by atoms with E-state index >= 15 is 0 Å². The quantitative estimate of drug-likeness (QED) is 0.210. The van der Waals surface area contributed by atoms with E-state index in [9.17, 15) is 18.8 Å². The van der Waals surface area contributed by atoms with Gasteiger partial charge in [-0.25, -0.2) is 14.1 Å². The van der Waals surface area contributed by atoms with Crippen LogP contribution in [0, 0.1) is 23.2 Å². The van der Waals surface area contributed by atoms with Crippen molar-refractivity contribution < 1.29 is 28.2 Å². The Bertz CT molecular complexity index is 1440. The second-order valence-corrected chi connectivity index (χ2v) is 9.52. The molecular formula is C28H24FIN2O5. The molecule has 0 radical (unpaired) electrons. The van der Waals surface area contributed by atoms with E-state index < -0.39 is 17.8 Å². The van der Waals surface area contributed by atoms with Crippen molar-refractivity contribution in [1.82, 2.24) is 5.32 Å². The lowest BCUT2D eigenvalue weighted by atomic mass is 10.0. The zero-order valence-corrected chi connectivity index (χ0v) is 22.6. The molecule has 1 heterocycles. The molecule has 1 saturated heterocycles. The lowest BCUT2D eigenvalue weighted by Crippen LogP contribution is -2.54. The highest BCUT2D eigenvalue weighted by Gasteiger charge is 2.37. The van der Waals surface area contributed by atoms with Gasteiger partial charge in [0.1, 0.15) is 18.0 Å². The lowest BCUT2D eigenvalue weighted by Gasteiger charge is -2.28. The Hall–Kier alpha value is -3.73. The summed E-state index contributed by atoms with van der Waals surface area (Å²) in [6.07, 6.45) is 1.42. The minimum Gasteiger partial charge on any atom is -0.490 e. The van der Waals surface area contributed by atoms with Crippen molar-refractivity contribution in [3.8, 4) is 11.5 Å². The summed E-state index contributed by atoms with van der Waals surface area (Å²) in [5, 5.41) is 2.25. The van der Waals surface area contributed by atoms with Gasteiger partial charge in [-0.3, -0.25) is 14.9 Å². The van der Waals surface area contributed by atoms with E-state index in [4.69, 9.17) is 9.47 Å². The molecule has 3 aromatic carbocycles. The van der Waals surface area contributed by atoms with Crippen LogP contribution in [0.25, 0.3) is 6.08 Å². The molecule has 0 aromatic heterocycles. The summed E-state index contributed by atoms with van der Waals surface area (Å²) in [6, 6.07) is 14.0. The van der Waals surface area contributed by atoms with E-state index in [0.29, 0.717) is 38.5 Å². The lowest BCUT2D eigenvalue weighted by molar-refractivity contribution is -0.122. The van der Waals surface area contributed by atoms with Crippen LogP contribution in [0.3, 0.4) is 0 Å². The van der Waals surface area contributed by atoms with Gasteiger partial charge in [-0.05, 0) is 102 Å². The Balaban J connectivity index is 1.68. The molecule has 3 aromatic rings. The Morgan fingerprint density at radius 1 is 1.03 bits per heavy atom. The van der Waals surface area contributed by atoms with Crippen LogP contribution in [0.1, 0.15) is 29.2 Å². The number of benzene rings is 3. The molecular weight excluding hydrogens is 590 g/mol. The van der Waals surface area contributed by atoms with Crippen LogP contribution in [0.15, 0.2) is 60.2 Å². The zero-order chi connectivity index (χ0) is 26.7. The number of halogens is 2. The average Bonchev–Trinajstić information content (AvgIpc) is 2.84. The number of nitrogens with one attached hydrogen (secondary N) is 1. The molecule has 1 N–H and O–H groups in total. The number of anilines is 1. The number of urea groups is 1. The number of carbonyl (C=O) groups is 3. The number of ether oxygens (including phenoxy) is 2. The molecule has 4 amide bonds. The fourth-order valence-electron chi connectivity index (χ4n) is 3.88. The third-order valence-electron chi connectivity index (χ3n) is 5.83. The molecule has 0 unspecified atom stereocenters. The van der Waals surface area contributed by atoms with Gasteiger partial charge in [0.2, 0.25) is 0 Å². The van der Waals surface area contributed by atoms with Gasteiger partial charge >= 0.3 is 6.03 Å². The number of rotatable bonds is 7. The molecule has 4 rings (SSSR count). The minimum absolute atomic E-state index is 0.127. The number of carbonyl (C=O) groups excluding carboxylic acids is 3. The van der Waals surface area contributed by atoms with Crippen molar-refractivity contribution in [3.05, 3.63) is 91.8 Å². The summed E-state index contributed by atoms with van der Waals surface area (Å²) in [5.41, 5.74) is 3.06. The third kappa shape index (κ3) is 5.66. The van der Waals surface area contributed by atoms with Gasteiger partial charge in [0.25, 0.3) is 11.8 Å². The second-order valence-electron chi connectivity index (χ2n) is 8.36. The molecule has 0 saturated carbocycles. The molecule has 0 spiro atoms. The summed E-state index contributed by atoms with van der Waals surface area (Å²) in [6.45, 7) is 5.98. The molecule has 7 nitrogen and oxygen atoms in total. The first kappa shape index (κ1) is 26.3. The number of hydrogen-bond donors (Lipinski definition) is 1. The fourth-order valence-corrected chi connectivity index (χ4v) is 4.66. The summed E-state index contributed by atoms with van der Waals surface area (Å²) in [5.74, 6) is -0.992. The third-order valence-corrected chi connectivity index (χ3v) is 6.63. The predicted molar refractivity (Wildman–Crippen MR) is 146 cm³/mol. The first-order chi connectivity index (χ1) is 17.7. The van der Waals surface area contributed by atoms with Crippen molar-refractivity contribution >= 4 is 52.2 Å². The van der Waals surface area contributed by atoms with Gasteiger partial charge in [-0.15, -0.1) is 0 Å². The van der Waals surface area contributed by atoms with Crippen LogP contribution in [0.5, 0.6) is 11.5 Å². The average molecular weight is 614 g/mol. The minimum atomic E-state index is -0.800. The number of imide groups is 2. The van der Waals surface area contributed by atoms with Crippen molar-refractivity contribution in [2.75, 3.05) is 11.5 Å². The van der Waals surface area contributed by atoms with Crippen LogP contribution in [0.2, 0.25) is 0 Å². The number of barbiturate groups is 1. The van der Waals surface area contributed by atoms with Gasteiger partial charge in [0.15, 0.2) is 11.5 Å². The highest BCUT2D eigenvalue weighted by Crippen LogP contribution is 2.36. The molecule has 0 atom stereocenters. The summed E-state index contributed by atoms with van der Waals surface area (Å²) in [7, 11) is 0. The normalized spacial score (nSPS) is 14.7. The predicted octanol–water partition coefficient (Wildman–Crippen LogP) is 5.69. The van der Waals surface area contributed by atoms with Crippen LogP contribution in [-0.2, 0) is 16.2 Å². The van der Waals surface area contributed by atoms with Gasteiger partial charge in [-0.2, -0.15) is 0 Å².